The fourth-order valence-electron chi connectivity index (χ4n) is 2.15. The van der Waals surface area contributed by atoms with Crippen molar-refractivity contribution >= 4 is 0 Å². The van der Waals surface area contributed by atoms with E-state index in [1.54, 1.807) is 7.11 Å². The molecule has 1 rings (SSSR count). The summed E-state index contributed by atoms with van der Waals surface area (Å²) in [5.74, 6) is 7.05. The summed E-state index contributed by atoms with van der Waals surface area (Å²) in [5, 5.41) is 9.86. The van der Waals surface area contributed by atoms with Crippen LogP contribution in [0, 0.1) is 11.8 Å². The Balaban J connectivity index is 2.05. The predicted octanol–water partition coefficient (Wildman–Crippen LogP) is 4.33. The molecule has 0 amide bonds. The number of hydrogen-bond donors (Lipinski definition) is 1. The third-order valence-corrected chi connectivity index (χ3v) is 3.64. The monoisotopic (exact) mass is 318 g/mol. The first-order valence-corrected chi connectivity index (χ1v) is 8.60. The molecule has 1 aromatic carbocycles. The van der Waals surface area contributed by atoms with Gasteiger partial charge in [0.15, 0.2) is 0 Å². The Bertz CT molecular complexity index is 456. The molecule has 23 heavy (non-hydrogen) atoms. The largest absolute Gasteiger partial charge is 0.497 e. The Labute approximate surface area is 141 Å². The predicted molar refractivity (Wildman–Crippen MR) is 94.4 cm³/mol. The van der Waals surface area contributed by atoms with Crippen LogP contribution in [-0.2, 0) is 11.3 Å². The van der Waals surface area contributed by atoms with Crippen LogP contribution in [0.15, 0.2) is 24.3 Å². The number of rotatable bonds is 11. The average molecular weight is 318 g/mol. The van der Waals surface area contributed by atoms with Crippen LogP contribution in [0.2, 0.25) is 0 Å². The molecule has 128 valence electrons. The second-order valence-electron chi connectivity index (χ2n) is 5.71. The van der Waals surface area contributed by atoms with Gasteiger partial charge in [-0.15, -0.1) is 11.8 Å². The van der Waals surface area contributed by atoms with Crippen molar-refractivity contribution in [1.29, 1.82) is 0 Å². The molecule has 0 fully saturated rings. The summed E-state index contributed by atoms with van der Waals surface area (Å²) in [6.07, 6.45) is 6.68. The van der Waals surface area contributed by atoms with Gasteiger partial charge >= 0.3 is 0 Å². The Kier molecular flexibility index (Phi) is 11.0. The summed E-state index contributed by atoms with van der Waals surface area (Å²) in [6, 6.07) is 7.81. The molecular weight excluding hydrogens is 288 g/mol. The van der Waals surface area contributed by atoms with Gasteiger partial charge in [-0.1, -0.05) is 38.3 Å². The van der Waals surface area contributed by atoms with Crippen LogP contribution < -0.4 is 4.74 Å². The highest BCUT2D eigenvalue weighted by Crippen LogP contribution is 2.12. The molecule has 1 atom stereocenters. The Morgan fingerprint density at radius 3 is 2.57 bits per heavy atom. The molecule has 0 aliphatic rings. The number of aliphatic hydroxyl groups is 1. The fourth-order valence-corrected chi connectivity index (χ4v) is 2.15. The smallest absolute Gasteiger partial charge is 0.118 e. The topological polar surface area (TPSA) is 38.7 Å². The molecule has 0 bridgehead atoms. The molecule has 0 saturated carbocycles. The van der Waals surface area contributed by atoms with Crippen LogP contribution in [-0.4, -0.2) is 24.9 Å². The molecule has 3 heteroatoms. The maximum absolute atomic E-state index is 9.86. The van der Waals surface area contributed by atoms with Crippen molar-refractivity contribution in [3.8, 4) is 17.6 Å². The molecule has 0 saturated heterocycles. The molecule has 0 radical (unpaired) electrons. The van der Waals surface area contributed by atoms with Crippen LogP contribution in [0.25, 0.3) is 0 Å². The van der Waals surface area contributed by atoms with Crippen molar-refractivity contribution in [3.05, 3.63) is 29.8 Å². The van der Waals surface area contributed by atoms with E-state index in [9.17, 15) is 5.11 Å². The summed E-state index contributed by atoms with van der Waals surface area (Å²) < 4.78 is 10.7. The van der Waals surface area contributed by atoms with E-state index in [0.29, 0.717) is 26.1 Å². The van der Waals surface area contributed by atoms with Gasteiger partial charge in [0.1, 0.15) is 5.75 Å². The summed E-state index contributed by atoms with van der Waals surface area (Å²) in [4.78, 5) is 0. The van der Waals surface area contributed by atoms with Crippen LogP contribution in [0.5, 0.6) is 5.75 Å². The zero-order valence-electron chi connectivity index (χ0n) is 14.5. The van der Waals surface area contributed by atoms with Crippen LogP contribution in [0.1, 0.15) is 57.4 Å². The van der Waals surface area contributed by atoms with Crippen molar-refractivity contribution < 1.29 is 14.6 Å². The maximum Gasteiger partial charge on any atom is 0.118 e. The fraction of sp³-hybridized carbons (Fsp3) is 0.600. The molecular formula is C20H30O3. The lowest BCUT2D eigenvalue weighted by atomic mass is 10.1. The first-order chi connectivity index (χ1) is 11.3. The van der Waals surface area contributed by atoms with E-state index in [-0.39, 0.29) is 0 Å². The summed E-state index contributed by atoms with van der Waals surface area (Å²) >= 11 is 0. The van der Waals surface area contributed by atoms with Crippen molar-refractivity contribution in [2.75, 3.05) is 13.7 Å². The Hall–Kier alpha value is -1.50. The molecule has 3 nitrogen and oxygen atoms in total. The van der Waals surface area contributed by atoms with Gasteiger partial charge in [-0.2, -0.15) is 0 Å². The highest BCUT2D eigenvalue weighted by molar-refractivity contribution is 5.26. The van der Waals surface area contributed by atoms with Gasteiger partial charge in [0.05, 0.1) is 19.8 Å². The van der Waals surface area contributed by atoms with Gasteiger partial charge in [0.25, 0.3) is 0 Å². The summed E-state index contributed by atoms with van der Waals surface area (Å²) in [7, 11) is 1.65. The van der Waals surface area contributed by atoms with Gasteiger partial charge in [0.2, 0.25) is 0 Å². The first-order valence-electron chi connectivity index (χ1n) is 8.60. The minimum Gasteiger partial charge on any atom is -0.497 e. The van der Waals surface area contributed by atoms with Gasteiger partial charge < -0.3 is 14.6 Å². The molecule has 0 unspecified atom stereocenters. The van der Waals surface area contributed by atoms with E-state index in [2.05, 4.69) is 18.8 Å². The van der Waals surface area contributed by atoms with Crippen molar-refractivity contribution in [1.82, 2.24) is 0 Å². The number of hydrogen-bond acceptors (Lipinski definition) is 3. The van der Waals surface area contributed by atoms with Gasteiger partial charge in [-0.25, -0.2) is 0 Å². The molecule has 0 aromatic heterocycles. The summed E-state index contributed by atoms with van der Waals surface area (Å²) in [5.41, 5.74) is 1.10. The average Bonchev–Trinajstić information content (AvgIpc) is 2.58. The SMILES string of the molecule is CCCCCCC#CC[C@H](O)CCOCc1ccc(OC)cc1. The minimum atomic E-state index is -0.394. The lowest BCUT2D eigenvalue weighted by molar-refractivity contribution is 0.0753. The van der Waals surface area contributed by atoms with E-state index < -0.39 is 6.10 Å². The Morgan fingerprint density at radius 1 is 1.09 bits per heavy atom. The zero-order chi connectivity index (χ0) is 16.8. The van der Waals surface area contributed by atoms with Crippen LogP contribution in [0.4, 0.5) is 0 Å². The second kappa shape index (κ2) is 13.0. The van der Waals surface area contributed by atoms with E-state index in [1.165, 1.54) is 25.7 Å². The molecule has 0 aliphatic carbocycles. The van der Waals surface area contributed by atoms with Crippen LogP contribution >= 0.6 is 0 Å². The third-order valence-electron chi connectivity index (χ3n) is 3.64. The van der Waals surface area contributed by atoms with Crippen molar-refractivity contribution in [3.63, 3.8) is 0 Å². The summed E-state index contributed by atoms with van der Waals surface area (Å²) in [6.45, 7) is 3.31. The number of unbranched alkanes of at least 4 members (excludes halogenated alkanes) is 4. The van der Waals surface area contributed by atoms with E-state index in [1.807, 2.05) is 24.3 Å². The van der Waals surface area contributed by atoms with Gasteiger partial charge in [-0.3, -0.25) is 0 Å². The lowest BCUT2D eigenvalue weighted by Crippen LogP contribution is -2.09. The minimum absolute atomic E-state index is 0.394. The van der Waals surface area contributed by atoms with E-state index in [4.69, 9.17) is 9.47 Å². The number of ether oxygens (including phenoxy) is 2. The second-order valence-corrected chi connectivity index (χ2v) is 5.71. The molecule has 1 N–H and O–H groups in total. The number of methoxy groups -OCH3 is 1. The maximum atomic E-state index is 9.86. The quantitative estimate of drug-likeness (QED) is 0.487. The molecule has 1 aromatic rings. The number of aliphatic hydroxyl groups excluding tert-OH is 1. The normalized spacial score (nSPS) is 11.6. The highest BCUT2D eigenvalue weighted by Gasteiger charge is 2.02. The lowest BCUT2D eigenvalue weighted by Gasteiger charge is -2.08. The van der Waals surface area contributed by atoms with E-state index >= 15 is 0 Å². The van der Waals surface area contributed by atoms with Gasteiger partial charge in [-0.05, 0) is 30.5 Å². The van der Waals surface area contributed by atoms with Gasteiger partial charge in [0, 0.05) is 19.4 Å². The van der Waals surface area contributed by atoms with E-state index in [0.717, 1.165) is 17.7 Å². The first kappa shape index (κ1) is 19.5. The number of benzene rings is 1. The standard InChI is InChI=1S/C20H30O3/c1-3-4-5-6-7-8-9-10-19(21)15-16-23-17-18-11-13-20(22-2)14-12-18/h11-14,19,21H,3-7,10,15-17H2,1-2H3/t19-/m0/s1. The zero-order valence-corrected chi connectivity index (χ0v) is 14.5. The van der Waals surface area contributed by atoms with Crippen molar-refractivity contribution in [2.45, 2.75) is 64.6 Å². The molecule has 0 heterocycles. The van der Waals surface area contributed by atoms with Crippen molar-refractivity contribution in [2.24, 2.45) is 0 Å². The Morgan fingerprint density at radius 2 is 1.87 bits per heavy atom. The third kappa shape index (κ3) is 9.99. The van der Waals surface area contributed by atoms with Crippen LogP contribution in [0.3, 0.4) is 0 Å². The molecule has 0 aliphatic heterocycles. The highest BCUT2D eigenvalue weighted by atomic mass is 16.5. The molecule has 0 spiro atoms.